The molecule has 0 spiro atoms. The molecule has 1 aromatic heterocycles. The zero-order valence-corrected chi connectivity index (χ0v) is 14.4. The second-order valence-electron chi connectivity index (χ2n) is 5.86. The maximum absolute atomic E-state index is 12.8. The van der Waals surface area contributed by atoms with Gasteiger partial charge in [0.2, 0.25) is 0 Å². The van der Waals surface area contributed by atoms with Gasteiger partial charge in [-0.15, -0.1) is 5.10 Å². The van der Waals surface area contributed by atoms with E-state index in [4.69, 9.17) is 5.11 Å². The number of carbonyl (C=O) groups excluding carboxylic acids is 1. The predicted octanol–water partition coefficient (Wildman–Crippen LogP) is 2.21. The summed E-state index contributed by atoms with van der Waals surface area (Å²) in [6.07, 6.45) is 0.657. The molecule has 24 heavy (non-hydrogen) atoms. The van der Waals surface area contributed by atoms with E-state index in [2.05, 4.69) is 10.3 Å². The largest absolute Gasteiger partial charge is 0.480 e. The molecule has 0 radical (unpaired) electrons. The van der Waals surface area contributed by atoms with Crippen molar-refractivity contribution in [2.24, 2.45) is 0 Å². The zero-order valence-electron chi connectivity index (χ0n) is 14.4. The first-order valence-corrected chi connectivity index (χ1v) is 7.87. The van der Waals surface area contributed by atoms with Crippen LogP contribution in [0.2, 0.25) is 0 Å². The number of carboxylic acid groups (broad SMARTS) is 1. The number of nitrogens with zero attached hydrogens (tertiary/aromatic N) is 4. The quantitative estimate of drug-likeness (QED) is 0.877. The molecular formula is C17H22N4O3. The van der Waals surface area contributed by atoms with Gasteiger partial charge in [0, 0.05) is 6.04 Å². The number of aromatic nitrogens is 3. The molecule has 1 aromatic carbocycles. The second kappa shape index (κ2) is 7.25. The highest BCUT2D eigenvalue weighted by Gasteiger charge is 2.27. The number of carbonyl (C=O) groups is 2. The highest BCUT2D eigenvalue weighted by atomic mass is 16.4. The summed E-state index contributed by atoms with van der Waals surface area (Å²) < 4.78 is 1.59. The Balaban J connectivity index is 2.38. The van der Waals surface area contributed by atoms with E-state index in [0.717, 1.165) is 11.3 Å². The highest BCUT2D eigenvalue weighted by Crippen LogP contribution is 2.16. The van der Waals surface area contributed by atoms with E-state index < -0.39 is 11.9 Å². The molecule has 0 fully saturated rings. The van der Waals surface area contributed by atoms with Crippen molar-refractivity contribution in [1.29, 1.82) is 0 Å². The summed E-state index contributed by atoms with van der Waals surface area (Å²) in [5, 5.41) is 17.1. The van der Waals surface area contributed by atoms with Crippen molar-refractivity contribution in [2.45, 2.75) is 40.2 Å². The van der Waals surface area contributed by atoms with E-state index in [1.165, 1.54) is 4.90 Å². The minimum absolute atomic E-state index is 0.179. The maximum Gasteiger partial charge on any atom is 0.323 e. The van der Waals surface area contributed by atoms with Crippen LogP contribution in [0, 0.1) is 13.8 Å². The predicted molar refractivity (Wildman–Crippen MR) is 89.3 cm³/mol. The van der Waals surface area contributed by atoms with Gasteiger partial charge in [0.25, 0.3) is 5.91 Å². The Kier molecular flexibility index (Phi) is 5.33. The van der Waals surface area contributed by atoms with Gasteiger partial charge in [0.05, 0.1) is 11.4 Å². The summed E-state index contributed by atoms with van der Waals surface area (Å²) in [7, 11) is 0. The van der Waals surface area contributed by atoms with Crippen molar-refractivity contribution >= 4 is 11.9 Å². The van der Waals surface area contributed by atoms with Crippen LogP contribution in [0.4, 0.5) is 0 Å². The number of aliphatic carboxylic acids is 1. The van der Waals surface area contributed by atoms with Crippen LogP contribution in [0.3, 0.4) is 0 Å². The SMILES string of the molecule is CCC(C)N(CC(=O)O)C(=O)c1nnn(-c2cccc(C)c2)c1C. The zero-order chi connectivity index (χ0) is 17.9. The highest BCUT2D eigenvalue weighted by molar-refractivity contribution is 5.95. The number of benzene rings is 1. The third-order valence-corrected chi connectivity index (χ3v) is 4.03. The fraction of sp³-hybridized carbons (Fsp3) is 0.412. The van der Waals surface area contributed by atoms with Gasteiger partial charge in [-0.05, 0) is 44.9 Å². The van der Waals surface area contributed by atoms with Crippen LogP contribution in [-0.4, -0.2) is 49.5 Å². The minimum Gasteiger partial charge on any atom is -0.480 e. The van der Waals surface area contributed by atoms with Crippen LogP contribution in [0.15, 0.2) is 24.3 Å². The van der Waals surface area contributed by atoms with Crippen molar-refractivity contribution in [3.63, 3.8) is 0 Å². The van der Waals surface area contributed by atoms with Crippen molar-refractivity contribution in [3.05, 3.63) is 41.2 Å². The monoisotopic (exact) mass is 330 g/mol. The standard InChI is InChI=1S/C17H22N4O3/c1-5-12(3)20(10-15(22)23)17(24)16-13(4)21(19-18-16)14-8-6-7-11(2)9-14/h6-9,12H,5,10H2,1-4H3,(H,22,23). The van der Waals surface area contributed by atoms with Gasteiger partial charge in [-0.1, -0.05) is 24.3 Å². The summed E-state index contributed by atoms with van der Waals surface area (Å²) >= 11 is 0. The molecule has 2 aromatic rings. The first kappa shape index (κ1) is 17.7. The Morgan fingerprint density at radius 1 is 1.33 bits per heavy atom. The molecule has 7 nitrogen and oxygen atoms in total. The van der Waals surface area contributed by atoms with Crippen LogP contribution < -0.4 is 0 Å². The molecule has 0 aliphatic rings. The molecule has 0 aliphatic carbocycles. The number of hydrogen-bond donors (Lipinski definition) is 1. The van der Waals surface area contributed by atoms with Gasteiger partial charge < -0.3 is 10.0 Å². The van der Waals surface area contributed by atoms with Gasteiger partial charge in [-0.3, -0.25) is 9.59 Å². The van der Waals surface area contributed by atoms with Crippen molar-refractivity contribution < 1.29 is 14.7 Å². The third-order valence-electron chi connectivity index (χ3n) is 4.03. The summed E-state index contributed by atoms with van der Waals surface area (Å²) in [5.74, 6) is -1.46. The lowest BCUT2D eigenvalue weighted by molar-refractivity contribution is -0.138. The summed E-state index contributed by atoms with van der Waals surface area (Å²) in [6.45, 7) is 7.10. The lowest BCUT2D eigenvalue weighted by Gasteiger charge is -2.26. The molecule has 1 N–H and O–H groups in total. The number of hydrogen-bond acceptors (Lipinski definition) is 4. The number of aryl methyl sites for hydroxylation is 1. The Morgan fingerprint density at radius 3 is 2.62 bits per heavy atom. The average molecular weight is 330 g/mol. The topological polar surface area (TPSA) is 88.3 Å². The fourth-order valence-electron chi connectivity index (χ4n) is 2.46. The normalized spacial score (nSPS) is 12.0. The van der Waals surface area contributed by atoms with Crippen LogP contribution in [0.1, 0.15) is 42.0 Å². The summed E-state index contributed by atoms with van der Waals surface area (Å²) in [5.41, 5.74) is 2.65. The van der Waals surface area contributed by atoms with Crippen molar-refractivity contribution in [1.82, 2.24) is 19.9 Å². The van der Waals surface area contributed by atoms with Crippen LogP contribution in [0.5, 0.6) is 0 Å². The third kappa shape index (κ3) is 3.61. The van der Waals surface area contributed by atoms with Crippen molar-refractivity contribution in [3.8, 4) is 5.69 Å². The lowest BCUT2D eigenvalue weighted by Crippen LogP contribution is -2.42. The molecular weight excluding hydrogens is 308 g/mol. The molecule has 1 unspecified atom stereocenters. The molecule has 0 saturated carbocycles. The molecule has 1 atom stereocenters. The number of carboxylic acids is 1. The van der Waals surface area contributed by atoms with E-state index >= 15 is 0 Å². The van der Waals surface area contributed by atoms with E-state index in [9.17, 15) is 9.59 Å². The molecule has 7 heteroatoms. The van der Waals surface area contributed by atoms with Gasteiger partial charge in [-0.2, -0.15) is 0 Å². The van der Waals surface area contributed by atoms with Gasteiger partial charge >= 0.3 is 5.97 Å². The van der Waals surface area contributed by atoms with Crippen LogP contribution >= 0.6 is 0 Å². The van der Waals surface area contributed by atoms with E-state index in [-0.39, 0.29) is 18.3 Å². The molecule has 2 rings (SSSR count). The summed E-state index contributed by atoms with van der Waals surface area (Å²) in [4.78, 5) is 25.2. The Bertz CT molecular complexity index is 754. The first-order chi connectivity index (χ1) is 11.3. The van der Waals surface area contributed by atoms with Crippen LogP contribution in [0.25, 0.3) is 5.69 Å². The minimum atomic E-state index is -1.05. The van der Waals surface area contributed by atoms with E-state index in [1.54, 1.807) is 11.6 Å². The molecule has 128 valence electrons. The fourth-order valence-corrected chi connectivity index (χ4v) is 2.46. The second-order valence-corrected chi connectivity index (χ2v) is 5.86. The van der Waals surface area contributed by atoms with Gasteiger partial charge in [0.1, 0.15) is 6.54 Å². The molecule has 0 aliphatic heterocycles. The van der Waals surface area contributed by atoms with E-state index in [1.807, 2.05) is 45.0 Å². The van der Waals surface area contributed by atoms with Crippen LogP contribution in [-0.2, 0) is 4.79 Å². The first-order valence-electron chi connectivity index (χ1n) is 7.87. The molecule has 1 heterocycles. The summed E-state index contributed by atoms with van der Waals surface area (Å²) in [6, 6.07) is 7.51. The smallest absolute Gasteiger partial charge is 0.323 e. The molecule has 0 saturated heterocycles. The molecule has 1 amide bonds. The van der Waals surface area contributed by atoms with Gasteiger partial charge in [-0.25, -0.2) is 4.68 Å². The Morgan fingerprint density at radius 2 is 2.04 bits per heavy atom. The Labute approximate surface area is 140 Å². The number of amides is 1. The van der Waals surface area contributed by atoms with Gasteiger partial charge in [0.15, 0.2) is 5.69 Å². The average Bonchev–Trinajstić information content (AvgIpc) is 2.92. The van der Waals surface area contributed by atoms with E-state index in [0.29, 0.717) is 12.1 Å². The van der Waals surface area contributed by atoms with Crippen molar-refractivity contribution in [2.75, 3.05) is 6.54 Å². The number of rotatable bonds is 6. The Hall–Kier alpha value is -2.70. The lowest BCUT2D eigenvalue weighted by atomic mass is 10.2. The maximum atomic E-state index is 12.8. The molecule has 0 bridgehead atoms.